The maximum Gasteiger partial charge on any atom is 0.246 e. The topological polar surface area (TPSA) is 62.5 Å². The van der Waals surface area contributed by atoms with E-state index in [1.54, 1.807) is 17.4 Å². The van der Waals surface area contributed by atoms with Crippen LogP contribution in [-0.4, -0.2) is 52.4 Å². The first-order valence-corrected chi connectivity index (χ1v) is 12.2. The number of carbonyl (C=O) groups is 1. The van der Waals surface area contributed by atoms with Crippen molar-refractivity contribution in [3.05, 3.63) is 70.0 Å². The molecule has 0 bridgehead atoms. The van der Waals surface area contributed by atoms with Gasteiger partial charge in [-0.2, -0.15) is 9.61 Å². The van der Waals surface area contributed by atoms with Crippen LogP contribution >= 0.6 is 22.9 Å². The number of nitrogens with one attached hydrogen (secondary N) is 1. The van der Waals surface area contributed by atoms with Crippen molar-refractivity contribution in [2.24, 2.45) is 0 Å². The molecular formula is C24H23BClN5OS. The molecule has 0 radical (unpaired) electrons. The lowest BCUT2D eigenvalue weighted by Crippen LogP contribution is -2.42. The number of benzene rings is 1. The van der Waals surface area contributed by atoms with Crippen LogP contribution in [0.2, 0.25) is 5.02 Å². The van der Waals surface area contributed by atoms with Crippen molar-refractivity contribution in [3.8, 4) is 11.3 Å². The molecule has 0 aliphatic carbocycles. The number of amides is 1. The Labute approximate surface area is 202 Å². The van der Waals surface area contributed by atoms with Gasteiger partial charge in [-0.05, 0) is 41.9 Å². The molecule has 1 saturated heterocycles. The number of piperidine rings is 1. The molecule has 4 aromatic rings. The van der Waals surface area contributed by atoms with E-state index in [1.165, 1.54) is 0 Å². The largest absolute Gasteiger partial charge is 0.367 e. The Balaban J connectivity index is 1.32. The quantitative estimate of drug-likeness (QED) is 0.355. The second-order valence-electron chi connectivity index (χ2n) is 8.16. The fourth-order valence-corrected chi connectivity index (χ4v) is 4.93. The maximum atomic E-state index is 12.6. The highest BCUT2D eigenvalue weighted by Crippen LogP contribution is 2.29. The smallest absolute Gasteiger partial charge is 0.246 e. The number of thiophene rings is 1. The molecule has 0 unspecified atom stereocenters. The van der Waals surface area contributed by atoms with Gasteiger partial charge in [0.05, 0.1) is 5.69 Å². The average Bonchev–Trinajstić information content (AvgIpc) is 3.48. The van der Waals surface area contributed by atoms with Gasteiger partial charge in [0.15, 0.2) is 5.65 Å². The summed E-state index contributed by atoms with van der Waals surface area (Å²) in [7, 11) is 2.00. The van der Waals surface area contributed by atoms with Gasteiger partial charge in [0.1, 0.15) is 13.7 Å². The van der Waals surface area contributed by atoms with Crippen LogP contribution in [-0.2, 0) is 4.79 Å². The number of nitrogens with zero attached hydrogens (tertiary/aromatic N) is 4. The predicted octanol–water partition coefficient (Wildman–Crippen LogP) is 3.49. The van der Waals surface area contributed by atoms with Crippen LogP contribution in [0.15, 0.2) is 60.1 Å². The molecule has 1 N–H and O–H groups in total. The predicted molar refractivity (Wildman–Crippen MR) is 138 cm³/mol. The molecule has 0 atom stereocenters. The first-order chi connectivity index (χ1) is 16.1. The van der Waals surface area contributed by atoms with E-state index in [0.717, 1.165) is 59.0 Å². The number of hydrogen-bond acceptors (Lipinski definition) is 5. The SMILES string of the molecule is Bc1cnn2c(NC3CCN(C(=O)/C=C/c4cccs4)CC3)cc(-c3ccccc3Cl)nc12. The fraction of sp³-hybridized carbons (Fsp3) is 0.208. The van der Waals surface area contributed by atoms with Gasteiger partial charge in [0.2, 0.25) is 5.91 Å². The highest BCUT2D eigenvalue weighted by molar-refractivity contribution is 7.10. The van der Waals surface area contributed by atoms with Crippen LogP contribution in [0.4, 0.5) is 5.82 Å². The first kappa shape index (κ1) is 21.7. The Bertz CT molecular complexity index is 1310. The molecule has 3 aromatic heterocycles. The van der Waals surface area contributed by atoms with Crippen LogP contribution in [0.25, 0.3) is 23.0 Å². The van der Waals surface area contributed by atoms with Crippen LogP contribution in [0.5, 0.6) is 0 Å². The molecule has 1 amide bonds. The van der Waals surface area contributed by atoms with Crippen molar-refractivity contribution in [1.82, 2.24) is 19.5 Å². The van der Waals surface area contributed by atoms with E-state index in [1.807, 2.05) is 77.4 Å². The number of halogens is 1. The van der Waals surface area contributed by atoms with Gasteiger partial charge in [0.25, 0.3) is 0 Å². The van der Waals surface area contributed by atoms with E-state index in [9.17, 15) is 4.79 Å². The third kappa shape index (κ3) is 4.67. The minimum absolute atomic E-state index is 0.0665. The van der Waals surface area contributed by atoms with Gasteiger partial charge in [-0.15, -0.1) is 11.3 Å². The van der Waals surface area contributed by atoms with E-state index in [4.69, 9.17) is 16.6 Å². The van der Waals surface area contributed by atoms with Crippen molar-refractivity contribution in [2.75, 3.05) is 18.4 Å². The lowest BCUT2D eigenvalue weighted by Gasteiger charge is -2.32. The highest BCUT2D eigenvalue weighted by atomic mass is 35.5. The number of aromatic nitrogens is 3. The molecule has 33 heavy (non-hydrogen) atoms. The molecule has 0 saturated carbocycles. The van der Waals surface area contributed by atoms with E-state index in [0.29, 0.717) is 5.02 Å². The lowest BCUT2D eigenvalue weighted by molar-refractivity contribution is -0.126. The summed E-state index contributed by atoms with van der Waals surface area (Å²) in [5.41, 5.74) is 3.51. The molecule has 1 aliphatic rings. The molecule has 1 aliphatic heterocycles. The number of likely N-dealkylation sites (tertiary alicyclic amines) is 1. The van der Waals surface area contributed by atoms with Gasteiger partial charge in [-0.1, -0.05) is 35.9 Å². The Morgan fingerprint density at radius 3 is 2.79 bits per heavy atom. The second-order valence-corrected chi connectivity index (χ2v) is 9.55. The van der Waals surface area contributed by atoms with Crippen LogP contribution in [0, 0.1) is 0 Å². The van der Waals surface area contributed by atoms with Gasteiger partial charge in [-0.3, -0.25) is 4.79 Å². The maximum absolute atomic E-state index is 12.6. The summed E-state index contributed by atoms with van der Waals surface area (Å²) in [4.78, 5) is 20.4. The summed E-state index contributed by atoms with van der Waals surface area (Å²) < 4.78 is 1.84. The summed E-state index contributed by atoms with van der Waals surface area (Å²) >= 11 is 8.07. The number of carbonyl (C=O) groups excluding carboxylic acids is 1. The molecule has 4 heterocycles. The normalized spacial score (nSPS) is 14.9. The summed E-state index contributed by atoms with van der Waals surface area (Å²) in [6.07, 6.45) is 7.12. The number of anilines is 1. The third-order valence-corrected chi connectivity index (χ3v) is 7.06. The molecule has 1 aromatic carbocycles. The molecule has 166 valence electrons. The monoisotopic (exact) mass is 475 g/mol. The van der Waals surface area contributed by atoms with Crippen molar-refractivity contribution in [1.29, 1.82) is 0 Å². The van der Waals surface area contributed by atoms with Crippen LogP contribution < -0.4 is 10.8 Å². The summed E-state index contributed by atoms with van der Waals surface area (Å²) in [6, 6.07) is 14.0. The van der Waals surface area contributed by atoms with Gasteiger partial charge >= 0.3 is 0 Å². The van der Waals surface area contributed by atoms with Gasteiger partial charge < -0.3 is 10.2 Å². The highest BCUT2D eigenvalue weighted by Gasteiger charge is 2.23. The molecule has 1 fully saturated rings. The first-order valence-electron chi connectivity index (χ1n) is 11.0. The third-order valence-electron chi connectivity index (χ3n) is 5.89. The Morgan fingerprint density at radius 1 is 1.21 bits per heavy atom. The zero-order valence-electron chi connectivity index (χ0n) is 18.2. The van der Waals surface area contributed by atoms with E-state index in [2.05, 4.69) is 10.4 Å². The van der Waals surface area contributed by atoms with Crippen molar-refractivity contribution in [3.63, 3.8) is 0 Å². The lowest BCUT2D eigenvalue weighted by atomic mass is 10.0. The Kier molecular flexibility index (Phi) is 6.20. The molecule has 5 rings (SSSR count). The van der Waals surface area contributed by atoms with E-state index < -0.39 is 0 Å². The Hall–Kier alpha value is -3.10. The zero-order valence-corrected chi connectivity index (χ0v) is 19.8. The van der Waals surface area contributed by atoms with Crippen molar-refractivity contribution < 1.29 is 4.79 Å². The zero-order chi connectivity index (χ0) is 22.8. The number of hydrogen-bond donors (Lipinski definition) is 1. The minimum atomic E-state index is 0.0665. The summed E-state index contributed by atoms with van der Waals surface area (Å²) in [5.74, 6) is 0.947. The van der Waals surface area contributed by atoms with Crippen molar-refractivity contribution >= 4 is 59.7 Å². The molecule has 0 spiro atoms. The fourth-order valence-electron chi connectivity index (χ4n) is 4.08. The van der Waals surface area contributed by atoms with E-state index in [-0.39, 0.29) is 11.9 Å². The number of fused-ring (bicyclic) bond motifs is 1. The molecular weight excluding hydrogens is 453 g/mol. The van der Waals surface area contributed by atoms with Crippen LogP contribution in [0.1, 0.15) is 17.7 Å². The summed E-state index contributed by atoms with van der Waals surface area (Å²) in [6.45, 7) is 1.43. The van der Waals surface area contributed by atoms with Gasteiger partial charge in [0, 0.05) is 52.9 Å². The molecule has 9 heteroatoms. The second kappa shape index (κ2) is 9.41. The standard InChI is InChI=1S/C24H23BClN5OS/c25-19-15-27-31-22(14-21(29-24(19)31)18-5-1-2-6-20(18)26)28-16-9-11-30(12-10-16)23(32)8-7-17-4-3-13-33-17/h1-8,13-16,28H,9-12,25H2/b8-7+. The Morgan fingerprint density at radius 2 is 2.03 bits per heavy atom. The average molecular weight is 476 g/mol. The summed E-state index contributed by atoms with van der Waals surface area (Å²) in [5, 5.41) is 10.8. The number of rotatable bonds is 5. The van der Waals surface area contributed by atoms with Crippen molar-refractivity contribution in [2.45, 2.75) is 18.9 Å². The van der Waals surface area contributed by atoms with E-state index >= 15 is 0 Å². The van der Waals surface area contributed by atoms with Crippen LogP contribution in [0.3, 0.4) is 0 Å². The minimum Gasteiger partial charge on any atom is -0.367 e. The molecule has 6 nitrogen and oxygen atoms in total. The van der Waals surface area contributed by atoms with Gasteiger partial charge in [-0.25, -0.2) is 4.98 Å².